The van der Waals surface area contributed by atoms with Gasteiger partial charge in [0.2, 0.25) is 0 Å². The van der Waals surface area contributed by atoms with Crippen molar-refractivity contribution in [2.24, 2.45) is 5.92 Å². The average molecular weight is 308 g/mol. The van der Waals surface area contributed by atoms with Gasteiger partial charge in [0, 0.05) is 36.3 Å². The highest BCUT2D eigenvalue weighted by atomic mass is 16.3. The second-order valence-electron chi connectivity index (χ2n) is 7.13. The van der Waals surface area contributed by atoms with E-state index in [2.05, 4.69) is 29.3 Å². The predicted octanol–water partition coefficient (Wildman–Crippen LogP) is 2.56. The molecule has 3 heterocycles. The molecular formula is C19H20N2O2. The molecule has 3 atom stereocenters. The van der Waals surface area contributed by atoms with Crippen LogP contribution in [0.2, 0.25) is 0 Å². The van der Waals surface area contributed by atoms with Crippen molar-refractivity contribution in [3.63, 3.8) is 0 Å². The van der Waals surface area contributed by atoms with E-state index < -0.39 is 0 Å². The number of phenols is 1. The Kier molecular flexibility index (Phi) is 2.48. The molecule has 2 saturated heterocycles. The Morgan fingerprint density at radius 1 is 1.43 bits per heavy atom. The van der Waals surface area contributed by atoms with E-state index in [-0.39, 0.29) is 17.1 Å². The molecule has 1 aromatic carbocycles. The average Bonchev–Trinajstić information content (AvgIpc) is 3.12. The number of carbonyl (C=O) groups excluding carboxylic acids is 1. The van der Waals surface area contributed by atoms with Crippen LogP contribution >= 0.6 is 0 Å². The summed E-state index contributed by atoms with van der Waals surface area (Å²) in [6.45, 7) is 4.08. The SMILES string of the molecule is C/C=C1/CN2CCC34C(=C(C=O)C1CC23)Nc1c(O)cccc14. The molecular weight excluding hydrogens is 288 g/mol. The Bertz CT molecular complexity index is 795. The van der Waals surface area contributed by atoms with E-state index >= 15 is 0 Å². The van der Waals surface area contributed by atoms with E-state index in [4.69, 9.17) is 0 Å². The summed E-state index contributed by atoms with van der Waals surface area (Å²) in [6, 6.07) is 6.18. The van der Waals surface area contributed by atoms with Crippen LogP contribution in [0.15, 0.2) is 41.1 Å². The van der Waals surface area contributed by atoms with Crippen LogP contribution in [0.25, 0.3) is 0 Å². The van der Waals surface area contributed by atoms with Crippen LogP contribution in [0.4, 0.5) is 5.69 Å². The van der Waals surface area contributed by atoms with Crippen molar-refractivity contribution >= 4 is 12.0 Å². The maximum atomic E-state index is 12.0. The van der Waals surface area contributed by atoms with Crippen LogP contribution in [0.5, 0.6) is 5.75 Å². The summed E-state index contributed by atoms with van der Waals surface area (Å²) in [6.07, 6.45) is 5.24. The molecule has 4 heteroatoms. The first-order chi connectivity index (χ1) is 11.2. The van der Waals surface area contributed by atoms with Gasteiger partial charge < -0.3 is 10.4 Å². The predicted molar refractivity (Wildman–Crippen MR) is 88.3 cm³/mol. The van der Waals surface area contributed by atoms with E-state index in [1.54, 1.807) is 6.07 Å². The van der Waals surface area contributed by atoms with Crippen LogP contribution in [-0.2, 0) is 10.2 Å². The Morgan fingerprint density at radius 3 is 3.09 bits per heavy atom. The number of nitrogens with one attached hydrogen (secondary N) is 1. The van der Waals surface area contributed by atoms with E-state index in [1.165, 1.54) is 11.1 Å². The fraction of sp³-hybridized carbons (Fsp3) is 0.421. The number of phenolic OH excluding ortho intramolecular Hbond substituents is 1. The van der Waals surface area contributed by atoms with Crippen LogP contribution in [-0.4, -0.2) is 35.4 Å². The van der Waals surface area contributed by atoms with Gasteiger partial charge in [-0.05, 0) is 31.4 Å². The molecule has 0 amide bonds. The van der Waals surface area contributed by atoms with Crippen molar-refractivity contribution in [1.82, 2.24) is 4.90 Å². The summed E-state index contributed by atoms with van der Waals surface area (Å²) in [5, 5.41) is 13.7. The lowest BCUT2D eigenvalue weighted by molar-refractivity contribution is -0.105. The number of nitrogens with zero attached hydrogens (tertiary/aromatic N) is 1. The third-order valence-electron chi connectivity index (χ3n) is 6.48. The number of rotatable bonds is 1. The van der Waals surface area contributed by atoms with Gasteiger partial charge in [-0.1, -0.05) is 23.8 Å². The first-order valence-electron chi connectivity index (χ1n) is 8.39. The summed E-state index contributed by atoms with van der Waals surface area (Å²) >= 11 is 0. The molecule has 1 aliphatic carbocycles. The van der Waals surface area contributed by atoms with Gasteiger partial charge in [0.1, 0.15) is 12.0 Å². The highest BCUT2D eigenvalue weighted by Gasteiger charge is 2.61. The van der Waals surface area contributed by atoms with Crippen LogP contribution in [0, 0.1) is 5.92 Å². The molecule has 1 spiro atoms. The molecule has 2 bridgehead atoms. The van der Waals surface area contributed by atoms with Crippen molar-refractivity contribution < 1.29 is 9.90 Å². The maximum absolute atomic E-state index is 12.0. The quantitative estimate of drug-likeness (QED) is 0.476. The number of aldehydes is 1. The number of allylic oxidation sites excluding steroid dienone is 2. The molecule has 0 radical (unpaired) electrons. The largest absolute Gasteiger partial charge is 0.506 e. The molecule has 4 aliphatic rings. The highest BCUT2D eigenvalue weighted by Crippen LogP contribution is 2.61. The van der Waals surface area contributed by atoms with Gasteiger partial charge in [-0.3, -0.25) is 9.69 Å². The molecule has 0 saturated carbocycles. The molecule has 5 rings (SSSR count). The Balaban J connectivity index is 1.84. The second-order valence-corrected chi connectivity index (χ2v) is 7.13. The summed E-state index contributed by atoms with van der Waals surface area (Å²) in [5.74, 6) is 0.507. The lowest BCUT2D eigenvalue weighted by Gasteiger charge is -2.48. The maximum Gasteiger partial charge on any atom is 0.148 e. The standard InChI is InChI=1S/C19H20N2O2/c1-2-11-9-21-7-6-19-14-4-3-5-15(23)17(14)20-18(19)13(10-22)12(11)8-16(19)21/h2-5,10,12,16,20,23H,6-9H2,1H3/b11-2-. The van der Waals surface area contributed by atoms with Crippen molar-refractivity contribution in [3.8, 4) is 5.75 Å². The van der Waals surface area contributed by atoms with Crippen molar-refractivity contribution in [1.29, 1.82) is 0 Å². The lowest BCUT2D eigenvalue weighted by Crippen LogP contribution is -2.52. The van der Waals surface area contributed by atoms with Gasteiger partial charge in [0.15, 0.2) is 0 Å². The van der Waals surface area contributed by atoms with Crippen molar-refractivity contribution in [2.75, 3.05) is 18.4 Å². The summed E-state index contributed by atoms with van der Waals surface area (Å²) in [4.78, 5) is 14.5. The molecule has 118 valence electrons. The van der Waals surface area contributed by atoms with Crippen LogP contribution < -0.4 is 5.32 Å². The number of para-hydroxylation sites is 1. The van der Waals surface area contributed by atoms with Crippen LogP contribution in [0.3, 0.4) is 0 Å². The Hall–Kier alpha value is -2.07. The molecule has 4 nitrogen and oxygen atoms in total. The van der Waals surface area contributed by atoms with E-state index in [9.17, 15) is 9.90 Å². The highest BCUT2D eigenvalue weighted by molar-refractivity contribution is 5.86. The van der Waals surface area contributed by atoms with Gasteiger partial charge in [-0.15, -0.1) is 0 Å². The third kappa shape index (κ3) is 1.39. The zero-order valence-electron chi connectivity index (χ0n) is 13.2. The zero-order valence-corrected chi connectivity index (χ0v) is 13.2. The Morgan fingerprint density at radius 2 is 2.30 bits per heavy atom. The van der Waals surface area contributed by atoms with Crippen molar-refractivity contribution in [3.05, 3.63) is 46.7 Å². The van der Waals surface area contributed by atoms with Gasteiger partial charge in [-0.2, -0.15) is 0 Å². The fourth-order valence-electron chi connectivity index (χ4n) is 5.50. The number of fused-ring (bicyclic) bond motifs is 2. The number of anilines is 1. The minimum atomic E-state index is -0.139. The van der Waals surface area contributed by atoms with Gasteiger partial charge in [-0.25, -0.2) is 0 Å². The number of piperidine rings is 1. The molecule has 2 fully saturated rings. The van der Waals surface area contributed by atoms with E-state index in [0.717, 1.165) is 49.2 Å². The molecule has 3 aliphatic heterocycles. The first-order valence-corrected chi connectivity index (χ1v) is 8.39. The van der Waals surface area contributed by atoms with Gasteiger partial charge in [0.05, 0.1) is 11.1 Å². The number of benzene rings is 1. The molecule has 3 unspecified atom stereocenters. The van der Waals surface area contributed by atoms with Gasteiger partial charge in [0.25, 0.3) is 0 Å². The topological polar surface area (TPSA) is 52.6 Å². The number of hydrogen-bond donors (Lipinski definition) is 2. The van der Waals surface area contributed by atoms with Gasteiger partial charge >= 0.3 is 0 Å². The third-order valence-corrected chi connectivity index (χ3v) is 6.48. The fourth-order valence-corrected chi connectivity index (χ4v) is 5.50. The Labute approximate surface area is 135 Å². The normalized spacial score (nSPS) is 36.0. The number of aromatic hydroxyl groups is 1. The lowest BCUT2D eigenvalue weighted by atomic mass is 9.62. The first kappa shape index (κ1) is 13.4. The minimum absolute atomic E-state index is 0.139. The smallest absolute Gasteiger partial charge is 0.148 e. The zero-order chi connectivity index (χ0) is 15.8. The molecule has 1 aromatic rings. The second kappa shape index (κ2) is 4.26. The van der Waals surface area contributed by atoms with Crippen LogP contribution in [0.1, 0.15) is 25.3 Å². The monoisotopic (exact) mass is 308 g/mol. The molecule has 2 N–H and O–H groups in total. The van der Waals surface area contributed by atoms with E-state index in [0.29, 0.717) is 6.04 Å². The minimum Gasteiger partial charge on any atom is -0.506 e. The van der Waals surface area contributed by atoms with Crippen molar-refractivity contribution in [2.45, 2.75) is 31.2 Å². The molecule has 23 heavy (non-hydrogen) atoms. The molecule has 0 aromatic heterocycles. The summed E-state index contributed by atoms with van der Waals surface area (Å²) < 4.78 is 0. The summed E-state index contributed by atoms with van der Waals surface area (Å²) in [5.41, 5.74) is 5.13. The number of carbonyl (C=O) groups is 1. The summed E-state index contributed by atoms with van der Waals surface area (Å²) in [7, 11) is 0. The van der Waals surface area contributed by atoms with E-state index in [1.807, 2.05) is 6.07 Å². The number of hydrogen-bond acceptors (Lipinski definition) is 4.